The van der Waals surface area contributed by atoms with Crippen molar-refractivity contribution in [3.63, 3.8) is 0 Å². The average molecular weight is 350 g/mol. The third kappa shape index (κ3) is 2.11. The molecule has 7 heteroatoms. The number of benzene rings is 2. The SMILES string of the molecule is COc1ccc(-n2nc(C)c([C@@]3(O)C(=O)Nc4ccccc43)c2N)cc1. The molecular formula is C19H18N4O3. The molecule has 4 N–H and O–H groups in total. The number of amides is 1. The van der Waals surface area contributed by atoms with Crippen molar-refractivity contribution in [3.05, 3.63) is 65.4 Å². The van der Waals surface area contributed by atoms with E-state index < -0.39 is 11.5 Å². The third-order valence-corrected chi connectivity index (χ3v) is 4.67. The number of rotatable bonds is 3. The summed E-state index contributed by atoms with van der Waals surface area (Å²) < 4.78 is 6.67. The van der Waals surface area contributed by atoms with E-state index in [4.69, 9.17) is 10.5 Å². The standard InChI is InChI=1S/C19H18N4O3/c1-11-16(19(25)14-5-3-4-6-15(14)21-18(19)24)17(20)23(22-11)12-7-9-13(26-2)10-8-12/h3-10,25H,20H2,1-2H3,(H,21,24)/t19-/m1/s1. The zero-order valence-electron chi connectivity index (χ0n) is 14.4. The minimum Gasteiger partial charge on any atom is -0.497 e. The van der Waals surface area contributed by atoms with E-state index in [1.165, 1.54) is 4.68 Å². The second kappa shape index (κ2) is 5.60. The highest BCUT2D eigenvalue weighted by molar-refractivity contribution is 6.08. The van der Waals surface area contributed by atoms with Crippen LogP contribution in [0.3, 0.4) is 0 Å². The Kier molecular flexibility index (Phi) is 3.48. The largest absolute Gasteiger partial charge is 0.497 e. The molecule has 1 aliphatic heterocycles. The number of nitrogens with two attached hydrogens (primary N) is 1. The first kappa shape index (κ1) is 16.2. The Bertz CT molecular complexity index is 1010. The Hall–Kier alpha value is -3.32. The third-order valence-electron chi connectivity index (χ3n) is 4.67. The number of anilines is 2. The van der Waals surface area contributed by atoms with Crippen molar-refractivity contribution in [1.82, 2.24) is 9.78 Å². The van der Waals surface area contributed by atoms with Gasteiger partial charge in [-0.25, -0.2) is 4.68 Å². The van der Waals surface area contributed by atoms with E-state index in [0.717, 1.165) is 0 Å². The van der Waals surface area contributed by atoms with E-state index >= 15 is 0 Å². The fourth-order valence-electron chi connectivity index (χ4n) is 3.40. The van der Waals surface area contributed by atoms with E-state index in [-0.39, 0.29) is 11.4 Å². The first-order valence-electron chi connectivity index (χ1n) is 8.10. The lowest BCUT2D eigenvalue weighted by Crippen LogP contribution is -2.36. The van der Waals surface area contributed by atoms with Gasteiger partial charge in [0.05, 0.1) is 24.1 Å². The zero-order chi connectivity index (χ0) is 18.5. The monoisotopic (exact) mass is 350 g/mol. The molecule has 0 fully saturated rings. The molecule has 2 heterocycles. The number of hydrogen-bond acceptors (Lipinski definition) is 5. The molecule has 132 valence electrons. The Morgan fingerprint density at radius 1 is 1.19 bits per heavy atom. The first-order valence-corrected chi connectivity index (χ1v) is 8.10. The van der Waals surface area contributed by atoms with E-state index in [0.29, 0.717) is 28.4 Å². The van der Waals surface area contributed by atoms with Crippen molar-refractivity contribution in [2.24, 2.45) is 0 Å². The van der Waals surface area contributed by atoms with Crippen LogP contribution in [0, 0.1) is 6.92 Å². The van der Waals surface area contributed by atoms with Crippen LogP contribution in [0.4, 0.5) is 11.5 Å². The van der Waals surface area contributed by atoms with Gasteiger partial charge < -0.3 is 20.9 Å². The second-order valence-corrected chi connectivity index (χ2v) is 6.17. The van der Waals surface area contributed by atoms with Crippen LogP contribution >= 0.6 is 0 Å². The number of nitrogens with one attached hydrogen (secondary N) is 1. The molecule has 0 saturated carbocycles. The van der Waals surface area contributed by atoms with Gasteiger partial charge >= 0.3 is 0 Å². The smallest absolute Gasteiger partial charge is 0.266 e. The maximum absolute atomic E-state index is 12.6. The fourth-order valence-corrected chi connectivity index (χ4v) is 3.40. The lowest BCUT2D eigenvalue weighted by atomic mass is 9.87. The van der Waals surface area contributed by atoms with Crippen LogP contribution in [-0.2, 0) is 10.4 Å². The minimum absolute atomic E-state index is 0.210. The van der Waals surface area contributed by atoms with Gasteiger partial charge in [0.1, 0.15) is 11.6 Å². The van der Waals surface area contributed by atoms with Crippen LogP contribution in [0.1, 0.15) is 16.8 Å². The normalized spacial score (nSPS) is 18.5. The molecule has 1 aliphatic rings. The van der Waals surface area contributed by atoms with Gasteiger partial charge in [0.2, 0.25) is 5.60 Å². The van der Waals surface area contributed by atoms with Gasteiger partial charge in [0.25, 0.3) is 5.91 Å². The highest BCUT2D eigenvalue weighted by Crippen LogP contribution is 2.44. The van der Waals surface area contributed by atoms with Crippen LogP contribution in [0.5, 0.6) is 5.75 Å². The molecule has 0 spiro atoms. The highest BCUT2D eigenvalue weighted by Gasteiger charge is 2.50. The van der Waals surface area contributed by atoms with Crippen LogP contribution in [0.2, 0.25) is 0 Å². The maximum Gasteiger partial charge on any atom is 0.266 e. The Labute approximate surface area is 150 Å². The molecule has 1 atom stereocenters. The molecule has 0 unspecified atom stereocenters. The van der Waals surface area contributed by atoms with Crippen LogP contribution < -0.4 is 15.8 Å². The van der Waals surface area contributed by atoms with Gasteiger partial charge in [-0.3, -0.25) is 4.79 Å². The first-order chi connectivity index (χ1) is 12.5. The van der Waals surface area contributed by atoms with Gasteiger partial charge in [-0.1, -0.05) is 18.2 Å². The number of aromatic nitrogens is 2. The van der Waals surface area contributed by atoms with Crippen molar-refractivity contribution in [2.75, 3.05) is 18.2 Å². The van der Waals surface area contributed by atoms with E-state index in [1.54, 1.807) is 62.6 Å². The Morgan fingerprint density at radius 2 is 1.88 bits per heavy atom. The van der Waals surface area contributed by atoms with Crippen LogP contribution in [-0.4, -0.2) is 27.9 Å². The molecule has 4 rings (SSSR count). The summed E-state index contributed by atoms with van der Waals surface area (Å²) in [6.45, 7) is 1.72. The van der Waals surface area contributed by atoms with Gasteiger partial charge in [-0.2, -0.15) is 5.10 Å². The Balaban J connectivity index is 1.88. The quantitative estimate of drug-likeness (QED) is 0.670. The lowest BCUT2D eigenvalue weighted by Gasteiger charge is -2.21. The van der Waals surface area contributed by atoms with Crippen LogP contribution in [0.15, 0.2) is 48.5 Å². The van der Waals surface area contributed by atoms with Crippen LogP contribution in [0.25, 0.3) is 5.69 Å². The summed E-state index contributed by atoms with van der Waals surface area (Å²) in [5.41, 5.74) is 6.94. The molecule has 3 aromatic rings. The number of ether oxygens (including phenoxy) is 1. The van der Waals surface area contributed by atoms with Crippen molar-refractivity contribution >= 4 is 17.4 Å². The maximum atomic E-state index is 12.6. The van der Waals surface area contributed by atoms with Crippen molar-refractivity contribution < 1.29 is 14.6 Å². The van der Waals surface area contributed by atoms with E-state index in [9.17, 15) is 9.90 Å². The summed E-state index contributed by atoms with van der Waals surface area (Å²) in [5, 5.41) is 18.5. The zero-order valence-corrected chi connectivity index (χ0v) is 14.4. The van der Waals surface area contributed by atoms with Gasteiger partial charge in [0.15, 0.2) is 0 Å². The molecule has 0 bridgehead atoms. The number of aryl methyl sites for hydroxylation is 1. The number of carbonyl (C=O) groups excluding carboxylic acids is 1. The lowest BCUT2D eigenvalue weighted by molar-refractivity contribution is -0.129. The molecule has 1 aromatic heterocycles. The number of methoxy groups -OCH3 is 1. The topological polar surface area (TPSA) is 102 Å². The number of nitrogen functional groups attached to an aromatic ring is 1. The predicted octanol–water partition coefficient (Wildman–Crippen LogP) is 1.96. The van der Waals surface area contributed by atoms with Gasteiger partial charge in [0, 0.05) is 11.3 Å². The average Bonchev–Trinajstić information content (AvgIpc) is 3.09. The van der Waals surface area contributed by atoms with Crippen molar-refractivity contribution in [1.29, 1.82) is 0 Å². The number of nitrogens with zero attached hydrogens (tertiary/aromatic N) is 2. The predicted molar refractivity (Wildman–Crippen MR) is 97.3 cm³/mol. The van der Waals surface area contributed by atoms with Crippen molar-refractivity contribution in [2.45, 2.75) is 12.5 Å². The summed E-state index contributed by atoms with van der Waals surface area (Å²) in [6, 6.07) is 14.2. The van der Waals surface area contributed by atoms with Gasteiger partial charge in [-0.05, 0) is 37.3 Å². The fraction of sp³-hybridized carbons (Fsp3) is 0.158. The molecule has 2 aromatic carbocycles. The summed E-state index contributed by atoms with van der Waals surface area (Å²) in [4.78, 5) is 12.6. The highest BCUT2D eigenvalue weighted by atomic mass is 16.5. The molecule has 1 amide bonds. The molecule has 7 nitrogen and oxygen atoms in total. The Morgan fingerprint density at radius 3 is 2.58 bits per heavy atom. The minimum atomic E-state index is -1.88. The number of fused-ring (bicyclic) bond motifs is 1. The summed E-state index contributed by atoms with van der Waals surface area (Å²) >= 11 is 0. The van der Waals surface area contributed by atoms with Gasteiger partial charge in [-0.15, -0.1) is 0 Å². The second-order valence-electron chi connectivity index (χ2n) is 6.17. The number of hydrogen-bond donors (Lipinski definition) is 3. The molecule has 0 aliphatic carbocycles. The summed E-state index contributed by atoms with van der Waals surface area (Å²) in [6.07, 6.45) is 0. The van der Waals surface area contributed by atoms with Crippen molar-refractivity contribution in [3.8, 4) is 11.4 Å². The van der Waals surface area contributed by atoms with E-state index in [2.05, 4.69) is 10.4 Å². The number of para-hydroxylation sites is 1. The van der Waals surface area contributed by atoms with E-state index in [1.807, 2.05) is 0 Å². The summed E-state index contributed by atoms with van der Waals surface area (Å²) in [7, 11) is 1.59. The molecule has 26 heavy (non-hydrogen) atoms. The molecular weight excluding hydrogens is 332 g/mol. The number of carbonyl (C=O) groups is 1. The molecule has 0 radical (unpaired) electrons. The molecule has 0 saturated heterocycles. The number of aliphatic hydroxyl groups is 1. The summed E-state index contributed by atoms with van der Waals surface area (Å²) in [5.74, 6) is 0.379.